The third kappa shape index (κ3) is 1.63. The van der Waals surface area contributed by atoms with Gasteiger partial charge in [0.15, 0.2) is 0 Å². The molecule has 0 radical (unpaired) electrons. The lowest BCUT2D eigenvalue weighted by Gasteiger charge is -2.33. The summed E-state index contributed by atoms with van der Waals surface area (Å²) in [5.74, 6) is 0.670. The van der Waals surface area contributed by atoms with Crippen molar-refractivity contribution in [2.75, 3.05) is 0 Å². The lowest BCUT2D eigenvalue weighted by molar-refractivity contribution is 0.630. The van der Waals surface area contributed by atoms with Crippen LogP contribution in [0.4, 0.5) is 0 Å². The molecule has 5 aromatic rings. The summed E-state index contributed by atoms with van der Waals surface area (Å²) < 4.78 is 3.92. The predicted molar refractivity (Wildman–Crippen MR) is 108 cm³/mol. The van der Waals surface area contributed by atoms with Gasteiger partial charge < -0.3 is 0 Å². The van der Waals surface area contributed by atoms with Crippen LogP contribution in [-0.4, -0.2) is 14.0 Å². The van der Waals surface area contributed by atoms with E-state index in [2.05, 4.69) is 42.7 Å². The summed E-state index contributed by atoms with van der Waals surface area (Å²) in [5.41, 5.74) is 6.09. The van der Waals surface area contributed by atoms with Crippen LogP contribution in [0.3, 0.4) is 0 Å². The fraction of sp³-hybridized carbons (Fsp3) is 0.130. The molecule has 0 aliphatic carbocycles. The molecule has 3 heterocycles. The topological polar surface area (TPSA) is 39.3 Å². The number of aromatic nitrogens is 3. The highest BCUT2D eigenvalue weighted by atomic mass is 16.1. The van der Waals surface area contributed by atoms with E-state index >= 15 is 0 Å². The molecule has 1 aliphatic heterocycles. The molecule has 0 atom stereocenters. The summed E-state index contributed by atoms with van der Waals surface area (Å²) in [5, 5.41) is 0.645. The number of hydrogen-bond acceptors (Lipinski definition) is 2. The molecular weight excluding hydrogens is 334 g/mol. The largest absolute Gasteiger partial charge is 0.277 e. The van der Waals surface area contributed by atoms with Crippen LogP contribution in [0.25, 0.3) is 33.4 Å². The molecular formula is C23H17N3O. The zero-order chi connectivity index (χ0) is 18.3. The Bertz CT molecular complexity index is 1470. The average Bonchev–Trinajstić information content (AvgIpc) is 3.02. The van der Waals surface area contributed by atoms with Crippen LogP contribution in [0.2, 0.25) is 0 Å². The maximum Gasteiger partial charge on any atom is 0.267 e. The van der Waals surface area contributed by atoms with E-state index in [1.54, 1.807) is 4.40 Å². The first-order valence-electron chi connectivity index (χ1n) is 9.14. The lowest BCUT2D eigenvalue weighted by Crippen LogP contribution is -2.26. The Morgan fingerprint density at radius 2 is 1.59 bits per heavy atom. The Kier molecular flexibility index (Phi) is 2.54. The Morgan fingerprint density at radius 3 is 2.48 bits per heavy atom. The standard InChI is InChI=1S/C23H17N3O/c1-23(2)15-9-4-6-12-18(15)25-20-16(23)10-7-13-19(20)26-21(27)14-8-3-5-11-17(14)24-22(25)26/h3-13H,1-2H3. The van der Waals surface area contributed by atoms with E-state index in [-0.39, 0.29) is 11.0 Å². The molecule has 130 valence electrons. The van der Waals surface area contributed by atoms with Crippen molar-refractivity contribution in [3.05, 3.63) is 88.2 Å². The fourth-order valence-electron chi connectivity index (χ4n) is 4.61. The number of benzene rings is 3. The molecule has 0 N–H and O–H groups in total. The van der Waals surface area contributed by atoms with E-state index in [0.717, 1.165) is 22.2 Å². The van der Waals surface area contributed by atoms with Crippen molar-refractivity contribution in [2.45, 2.75) is 19.3 Å². The van der Waals surface area contributed by atoms with Gasteiger partial charge in [-0.15, -0.1) is 0 Å². The Morgan fingerprint density at radius 1 is 0.852 bits per heavy atom. The smallest absolute Gasteiger partial charge is 0.267 e. The Labute approximate surface area is 155 Å². The SMILES string of the molecule is CC1(C)c2ccccc2-n2c3c1cccc3n1c(=O)c3ccccc3nc21. The normalized spacial score (nSPS) is 14.7. The van der Waals surface area contributed by atoms with Crippen molar-refractivity contribution in [3.8, 4) is 5.69 Å². The monoisotopic (exact) mass is 351 g/mol. The van der Waals surface area contributed by atoms with E-state index < -0.39 is 0 Å². The third-order valence-corrected chi connectivity index (χ3v) is 5.93. The molecule has 27 heavy (non-hydrogen) atoms. The fourth-order valence-corrected chi connectivity index (χ4v) is 4.61. The average molecular weight is 351 g/mol. The molecule has 0 fully saturated rings. The van der Waals surface area contributed by atoms with E-state index in [1.807, 2.05) is 42.5 Å². The Hall–Kier alpha value is -3.40. The van der Waals surface area contributed by atoms with Crippen molar-refractivity contribution in [1.82, 2.24) is 14.0 Å². The van der Waals surface area contributed by atoms with E-state index in [4.69, 9.17) is 4.98 Å². The molecule has 0 saturated carbocycles. The van der Waals surface area contributed by atoms with Gasteiger partial charge in [-0.1, -0.05) is 56.3 Å². The highest BCUT2D eigenvalue weighted by molar-refractivity contribution is 5.92. The predicted octanol–water partition coefficient (Wildman–Crippen LogP) is 4.43. The van der Waals surface area contributed by atoms with Gasteiger partial charge in [0.05, 0.1) is 27.6 Å². The van der Waals surface area contributed by atoms with Gasteiger partial charge in [-0.25, -0.2) is 9.38 Å². The van der Waals surface area contributed by atoms with Crippen molar-refractivity contribution >= 4 is 27.7 Å². The van der Waals surface area contributed by atoms with Crippen molar-refractivity contribution in [3.63, 3.8) is 0 Å². The molecule has 0 saturated heterocycles. The summed E-state index contributed by atoms with van der Waals surface area (Å²) in [4.78, 5) is 18.2. The highest BCUT2D eigenvalue weighted by Crippen LogP contribution is 2.44. The van der Waals surface area contributed by atoms with Crippen LogP contribution in [-0.2, 0) is 5.41 Å². The summed E-state index contributed by atoms with van der Waals surface area (Å²) in [7, 11) is 0. The van der Waals surface area contributed by atoms with Gasteiger partial charge in [0, 0.05) is 5.41 Å². The summed E-state index contributed by atoms with van der Waals surface area (Å²) in [6, 6.07) is 22.2. The first kappa shape index (κ1) is 14.7. The summed E-state index contributed by atoms with van der Waals surface area (Å²) >= 11 is 0. The number of nitrogens with zero attached hydrogens (tertiary/aromatic N) is 3. The summed E-state index contributed by atoms with van der Waals surface area (Å²) in [6.07, 6.45) is 0. The first-order chi connectivity index (χ1) is 13.1. The number of imidazole rings is 1. The maximum atomic E-state index is 13.3. The Balaban J connectivity index is 1.99. The van der Waals surface area contributed by atoms with Crippen molar-refractivity contribution in [1.29, 1.82) is 0 Å². The number of fused-ring (bicyclic) bond motifs is 6. The zero-order valence-electron chi connectivity index (χ0n) is 15.1. The van der Waals surface area contributed by atoms with E-state index in [9.17, 15) is 4.79 Å². The number of rotatable bonds is 0. The van der Waals surface area contributed by atoms with Gasteiger partial charge in [-0.05, 0) is 35.4 Å². The minimum atomic E-state index is -0.149. The first-order valence-corrected chi connectivity index (χ1v) is 9.14. The third-order valence-electron chi connectivity index (χ3n) is 5.93. The second kappa shape index (κ2) is 4.65. The van der Waals surface area contributed by atoms with E-state index in [0.29, 0.717) is 11.2 Å². The van der Waals surface area contributed by atoms with Crippen LogP contribution >= 0.6 is 0 Å². The van der Waals surface area contributed by atoms with Gasteiger partial charge in [-0.2, -0.15) is 0 Å². The number of hydrogen-bond donors (Lipinski definition) is 0. The molecule has 0 bridgehead atoms. The second-order valence-corrected chi connectivity index (χ2v) is 7.72. The zero-order valence-corrected chi connectivity index (χ0v) is 15.1. The van der Waals surface area contributed by atoms with Gasteiger partial charge in [0.1, 0.15) is 0 Å². The molecule has 1 aliphatic rings. The molecule has 0 amide bonds. The van der Waals surface area contributed by atoms with Crippen molar-refractivity contribution < 1.29 is 0 Å². The van der Waals surface area contributed by atoms with Gasteiger partial charge >= 0.3 is 0 Å². The van der Waals surface area contributed by atoms with Crippen LogP contribution in [0.15, 0.2) is 71.5 Å². The highest BCUT2D eigenvalue weighted by Gasteiger charge is 2.35. The van der Waals surface area contributed by atoms with Crippen LogP contribution < -0.4 is 5.56 Å². The molecule has 2 aromatic heterocycles. The van der Waals surface area contributed by atoms with Crippen LogP contribution in [0.1, 0.15) is 25.0 Å². The molecule has 0 spiro atoms. The molecule has 4 nitrogen and oxygen atoms in total. The lowest BCUT2D eigenvalue weighted by atomic mass is 9.75. The van der Waals surface area contributed by atoms with Gasteiger partial charge in [0.2, 0.25) is 5.78 Å². The minimum Gasteiger partial charge on any atom is -0.277 e. The quantitative estimate of drug-likeness (QED) is 0.414. The number of para-hydroxylation sites is 3. The second-order valence-electron chi connectivity index (χ2n) is 7.72. The maximum absolute atomic E-state index is 13.3. The van der Waals surface area contributed by atoms with Crippen LogP contribution in [0.5, 0.6) is 0 Å². The van der Waals surface area contributed by atoms with Crippen LogP contribution in [0, 0.1) is 0 Å². The minimum absolute atomic E-state index is 0.0197. The van der Waals surface area contributed by atoms with Gasteiger partial charge in [-0.3, -0.25) is 9.36 Å². The molecule has 3 aromatic carbocycles. The van der Waals surface area contributed by atoms with Gasteiger partial charge in [0.25, 0.3) is 5.56 Å². The van der Waals surface area contributed by atoms with Crippen molar-refractivity contribution in [2.24, 2.45) is 0 Å². The molecule has 6 rings (SSSR count). The molecule has 4 heteroatoms. The van der Waals surface area contributed by atoms with E-state index in [1.165, 1.54) is 11.1 Å². The summed E-state index contributed by atoms with van der Waals surface area (Å²) in [6.45, 7) is 4.49. The molecule has 0 unspecified atom stereocenters.